The molecule has 4 nitrogen and oxygen atoms in total. The molecule has 4 heteroatoms. The average Bonchev–Trinajstić information content (AvgIpc) is 2.10. The molecule has 1 aliphatic heterocycles. The summed E-state index contributed by atoms with van der Waals surface area (Å²) in [7, 11) is 0. The van der Waals surface area contributed by atoms with Gasteiger partial charge in [-0.1, -0.05) is 6.08 Å². The minimum Gasteiger partial charge on any atom is -0.439 e. The van der Waals surface area contributed by atoms with Crippen molar-refractivity contribution in [3.63, 3.8) is 0 Å². The zero-order chi connectivity index (χ0) is 8.01. The molecule has 0 saturated carbocycles. The lowest BCUT2D eigenvalue weighted by atomic mass is 10.0. The highest BCUT2D eigenvalue weighted by Crippen LogP contribution is 2.28. The Bertz CT molecular complexity index is 258. The van der Waals surface area contributed by atoms with E-state index in [1.807, 2.05) is 0 Å². The molecule has 1 fully saturated rings. The molecule has 2 amide bonds. The smallest absolute Gasteiger partial charge is 0.417 e. The Labute approximate surface area is 63.4 Å². The van der Waals surface area contributed by atoms with Crippen molar-refractivity contribution in [2.24, 2.45) is 0 Å². The highest BCUT2D eigenvalue weighted by molar-refractivity contribution is 5.93. The second-order valence-electron chi connectivity index (χ2n) is 2.61. The molecule has 1 aliphatic carbocycles. The van der Waals surface area contributed by atoms with Crippen LogP contribution < -0.4 is 0 Å². The van der Waals surface area contributed by atoms with Crippen molar-refractivity contribution in [1.29, 1.82) is 0 Å². The maximum absolute atomic E-state index is 10.9. The summed E-state index contributed by atoms with van der Waals surface area (Å²) in [5, 5.41) is 0. The predicted octanol–water partition coefficient (Wildman–Crippen LogP) is 0.292. The molecule has 0 aromatic carbocycles. The van der Waals surface area contributed by atoms with Gasteiger partial charge in [0.2, 0.25) is 5.91 Å². The van der Waals surface area contributed by atoms with Crippen LogP contribution in [0.15, 0.2) is 12.2 Å². The molecule has 0 radical (unpaired) electrons. The fourth-order valence-electron chi connectivity index (χ4n) is 1.28. The monoisotopic (exact) mass is 153 g/mol. The van der Waals surface area contributed by atoms with E-state index in [0.717, 1.165) is 4.90 Å². The van der Waals surface area contributed by atoms with Gasteiger partial charge in [-0.2, -0.15) is 0 Å². The molecule has 1 heterocycles. The van der Waals surface area contributed by atoms with E-state index in [1.165, 1.54) is 6.92 Å². The van der Waals surface area contributed by atoms with Crippen LogP contribution in [0.5, 0.6) is 0 Å². The number of imide groups is 1. The molecule has 2 rings (SSSR count). The summed E-state index contributed by atoms with van der Waals surface area (Å²) in [4.78, 5) is 22.9. The van der Waals surface area contributed by atoms with E-state index in [4.69, 9.17) is 4.74 Å². The van der Waals surface area contributed by atoms with Gasteiger partial charge < -0.3 is 4.74 Å². The van der Waals surface area contributed by atoms with E-state index < -0.39 is 6.09 Å². The minimum atomic E-state index is -0.530. The highest BCUT2D eigenvalue weighted by atomic mass is 16.6. The van der Waals surface area contributed by atoms with Crippen LogP contribution in [0.2, 0.25) is 0 Å². The topological polar surface area (TPSA) is 46.6 Å². The Balaban J connectivity index is 2.25. The summed E-state index contributed by atoms with van der Waals surface area (Å²) < 4.78 is 4.81. The van der Waals surface area contributed by atoms with Crippen LogP contribution in [0.25, 0.3) is 0 Å². The van der Waals surface area contributed by atoms with Crippen molar-refractivity contribution < 1.29 is 14.3 Å². The Kier molecular flexibility index (Phi) is 1.07. The zero-order valence-corrected chi connectivity index (χ0v) is 5.98. The lowest BCUT2D eigenvalue weighted by Crippen LogP contribution is -2.41. The van der Waals surface area contributed by atoms with Crippen LogP contribution in [-0.2, 0) is 9.53 Å². The first-order chi connectivity index (χ1) is 5.20. The van der Waals surface area contributed by atoms with Crippen LogP contribution in [0, 0.1) is 0 Å². The van der Waals surface area contributed by atoms with Gasteiger partial charge >= 0.3 is 6.09 Å². The number of carbonyl (C=O) groups excluding carboxylic acids is 2. The summed E-state index contributed by atoms with van der Waals surface area (Å²) in [6, 6.07) is -0.139. The van der Waals surface area contributed by atoms with Crippen LogP contribution in [0.1, 0.15) is 6.92 Å². The first-order valence-electron chi connectivity index (χ1n) is 3.39. The molecule has 0 N–H and O–H groups in total. The Hall–Kier alpha value is -1.32. The van der Waals surface area contributed by atoms with Crippen LogP contribution in [0.3, 0.4) is 0 Å². The summed E-state index contributed by atoms with van der Waals surface area (Å²) in [5.41, 5.74) is 0. The van der Waals surface area contributed by atoms with Crippen molar-refractivity contribution in [2.75, 3.05) is 0 Å². The summed E-state index contributed by atoms with van der Waals surface area (Å²) in [5.74, 6) is -0.258. The van der Waals surface area contributed by atoms with Gasteiger partial charge in [-0.05, 0) is 6.08 Å². The number of ether oxygens (including phenoxy) is 1. The van der Waals surface area contributed by atoms with Crippen molar-refractivity contribution in [3.05, 3.63) is 12.2 Å². The molecule has 0 aromatic rings. The molecule has 1 saturated heterocycles. The second kappa shape index (κ2) is 1.84. The quantitative estimate of drug-likeness (QED) is 0.470. The lowest BCUT2D eigenvalue weighted by molar-refractivity contribution is -0.126. The second-order valence-corrected chi connectivity index (χ2v) is 2.61. The van der Waals surface area contributed by atoms with Crippen LogP contribution in [-0.4, -0.2) is 29.0 Å². The molecule has 0 spiro atoms. The maximum Gasteiger partial charge on any atom is 0.417 e. The number of rotatable bonds is 0. The molecule has 2 atom stereocenters. The van der Waals surface area contributed by atoms with Gasteiger partial charge in [-0.3, -0.25) is 4.79 Å². The van der Waals surface area contributed by atoms with Crippen LogP contribution >= 0.6 is 0 Å². The zero-order valence-electron chi connectivity index (χ0n) is 5.98. The first-order valence-corrected chi connectivity index (χ1v) is 3.39. The fourth-order valence-corrected chi connectivity index (χ4v) is 1.28. The number of hydrogen-bond donors (Lipinski definition) is 0. The average molecular weight is 153 g/mol. The van der Waals surface area contributed by atoms with E-state index in [0.29, 0.717) is 0 Å². The van der Waals surface area contributed by atoms with E-state index in [1.54, 1.807) is 12.2 Å². The van der Waals surface area contributed by atoms with Gasteiger partial charge in [-0.15, -0.1) is 0 Å². The minimum absolute atomic E-state index is 0.139. The molecular weight excluding hydrogens is 146 g/mol. The van der Waals surface area contributed by atoms with Gasteiger partial charge in [0.25, 0.3) is 0 Å². The van der Waals surface area contributed by atoms with Crippen molar-refractivity contribution in [1.82, 2.24) is 4.90 Å². The Morgan fingerprint density at radius 1 is 1.64 bits per heavy atom. The standard InChI is InChI=1S/C7H7NO3/c1-4(9)8-5-2-3-6(5)11-7(8)10/h2-3,5-6H,1H3. The third kappa shape index (κ3) is 0.691. The lowest BCUT2D eigenvalue weighted by Gasteiger charge is -2.22. The third-order valence-corrected chi connectivity index (χ3v) is 1.91. The number of fused-ring (bicyclic) bond motifs is 1. The molecule has 58 valence electrons. The molecule has 0 bridgehead atoms. The van der Waals surface area contributed by atoms with Crippen molar-refractivity contribution >= 4 is 12.0 Å². The summed E-state index contributed by atoms with van der Waals surface area (Å²) in [6.07, 6.45) is 2.84. The van der Waals surface area contributed by atoms with Gasteiger partial charge in [0.1, 0.15) is 12.1 Å². The van der Waals surface area contributed by atoms with Crippen molar-refractivity contribution in [2.45, 2.75) is 19.1 Å². The van der Waals surface area contributed by atoms with Gasteiger partial charge in [0, 0.05) is 6.92 Å². The van der Waals surface area contributed by atoms with Gasteiger partial charge in [-0.25, -0.2) is 9.69 Å². The first kappa shape index (κ1) is 6.39. The maximum atomic E-state index is 10.9. The van der Waals surface area contributed by atoms with Gasteiger partial charge in [0.15, 0.2) is 0 Å². The Morgan fingerprint density at radius 3 is 2.64 bits per heavy atom. The number of nitrogens with zero attached hydrogens (tertiary/aromatic N) is 1. The normalized spacial score (nSPS) is 32.8. The van der Waals surface area contributed by atoms with E-state index in [2.05, 4.69) is 0 Å². The molecule has 11 heavy (non-hydrogen) atoms. The summed E-state index contributed by atoms with van der Waals surface area (Å²) in [6.45, 7) is 1.36. The van der Waals surface area contributed by atoms with Crippen molar-refractivity contribution in [3.8, 4) is 0 Å². The third-order valence-electron chi connectivity index (χ3n) is 1.91. The number of carbonyl (C=O) groups is 2. The number of amides is 2. The van der Waals surface area contributed by atoms with Crippen LogP contribution in [0.4, 0.5) is 4.79 Å². The predicted molar refractivity (Wildman–Crippen MR) is 35.7 cm³/mol. The molecule has 2 unspecified atom stereocenters. The van der Waals surface area contributed by atoms with Gasteiger partial charge in [0.05, 0.1) is 0 Å². The fraction of sp³-hybridized carbons (Fsp3) is 0.429. The molecule has 0 aromatic heterocycles. The Morgan fingerprint density at radius 2 is 2.36 bits per heavy atom. The molecule has 2 aliphatic rings. The SMILES string of the molecule is CC(=O)N1C(=O)OC2C=CC21. The number of hydrogen-bond acceptors (Lipinski definition) is 3. The largest absolute Gasteiger partial charge is 0.439 e. The van der Waals surface area contributed by atoms with E-state index >= 15 is 0 Å². The molecular formula is C7H7NO3. The van der Waals surface area contributed by atoms with E-state index in [-0.39, 0.29) is 18.1 Å². The van der Waals surface area contributed by atoms with E-state index in [9.17, 15) is 9.59 Å². The highest BCUT2D eigenvalue weighted by Gasteiger charge is 2.45. The summed E-state index contributed by atoms with van der Waals surface area (Å²) >= 11 is 0.